The molecule has 1 fully saturated rings. The van der Waals surface area contributed by atoms with E-state index in [2.05, 4.69) is 5.32 Å². The van der Waals surface area contributed by atoms with E-state index in [1.54, 1.807) is 24.3 Å². The maximum absolute atomic E-state index is 11.8. The number of hydrogen-bond donors (Lipinski definition) is 3. The molecule has 1 aromatic carbocycles. The first-order chi connectivity index (χ1) is 8.58. The number of hydrogen-bond acceptors (Lipinski definition) is 3. The van der Waals surface area contributed by atoms with Crippen molar-refractivity contribution in [2.75, 3.05) is 12.3 Å². The van der Waals surface area contributed by atoms with E-state index in [0.717, 1.165) is 18.4 Å². The van der Waals surface area contributed by atoms with Gasteiger partial charge in [0.1, 0.15) is 0 Å². The summed E-state index contributed by atoms with van der Waals surface area (Å²) in [4.78, 5) is 11.8. The average Bonchev–Trinajstić information content (AvgIpc) is 3.19. The summed E-state index contributed by atoms with van der Waals surface area (Å²) >= 11 is 0. The zero-order valence-corrected chi connectivity index (χ0v) is 10.6. The fourth-order valence-electron chi connectivity index (χ4n) is 2.00. The highest BCUT2D eigenvalue weighted by Crippen LogP contribution is 2.36. The van der Waals surface area contributed by atoms with Crippen LogP contribution in [0.2, 0.25) is 0 Å². The van der Waals surface area contributed by atoms with E-state index < -0.39 is 6.10 Å². The third-order valence-corrected chi connectivity index (χ3v) is 3.53. The maximum Gasteiger partial charge on any atom is 0.223 e. The van der Waals surface area contributed by atoms with Crippen molar-refractivity contribution in [1.29, 1.82) is 0 Å². The number of amides is 1. The molecule has 1 amide bonds. The van der Waals surface area contributed by atoms with Crippen LogP contribution >= 0.6 is 0 Å². The van der Waals surface area contributed by atoms with Crippen molar-refractivity contribution in [2.24, 2.45) is 11.8 Å². The van der Waals surface area contributed by atoms with Crippen molar-refractivity contribution >= 4 is 11.6 Å². The molecular formula is C14H20N2O2. The SMILES string of the molecule is CC(C(=O)NCC(O)c1ccc(N)cc1)C1CC1. The number of nitrogens with two attached hydrogens (primary N) is 1. The highest BCUT2D eigenvalue weighted by atomic mass is 16.3. The highest BCUT2D eigenvalue weighted by molar-refractivity contribution is 5.78. The predicted molar refractivity (Wildman–Crippen MR) is 70.7 cm³/mol. The summed E-state index contributed by atoms with van der Waals surface area (Å²) in [6.07, 6.45) is 1.62. The van der Waals surface area contributed by atoms with Gasteiger partial charge in [-0.15, -0.1) is 0 Å². The summed E-state index contributed by atoms with van der Waals surface area (Å²) in [5.41, 5.74) is 7.01. The lowest BCUT2D eigenvalue weighted by atomic mass is 10.1. The molecule has 0 aliphatic heterocycles. The van der Waals surface area contributed by atoms with Gasteiger partial charge in [0.2, 0.25) is 5.91 Å². The lowest BCUT2D eigenvalue weighted by Gasteiger charge is -2.15. The summed E-state index contributed by atoms with van der Waals surface area (Å²) in [6.45, 7) is 2.20. The summed E-state index contributed by atoms with van der Waals surface area (Å²) in [5, 5.41) is 12.7. The molecule has 98 valence electrons. The Morgan fingerprint density at radius 2 is 2.06 bits per heavy atom. The largest absolute Gasteiger partial charge is 0.399 e. The molecule has 1 aliphatic carbocycles. The van der Waals surface area contributed by atoms with Crippen molar-refractivity contribution in [1.82, 2.24) is 5.32 Å². The van der Waals surface area contributed by atoms with Crippen LogP contribution in [0.5, 0.6) is 0 Å². The summed E-state index contributed by atoms with van der Waals surface area (Å²) in [7, 11) is 0. The maximum atomic E-state index is 11.8. The number of rotatable bonds is 5. The molecule has 4 nitrogen and oxygen atoms in total. The number of nitrogens with one attached hydrogen (secondary N) is 1. The normalized spacial score (nSPS) is 18.1. The van der Waals surface area contributed by atoms with Gasteiger partial charge >= 0.3 is 0 Å². The molecule has 4 heteroatoms. The molecule has 0 spiro atoms. The third-order valence-electron chi connectivity index (χ3n) is 3.53. The number of aliphatic hydroxyl groups excluding tert-OH is 1. The Labute approximate surface area is 107 Å². The fraction of sp³-hybridized carbons (Fsp3) is 0.500. The highest BCUT2D eigenvalue weighted by Gasteiger charge is 2.32. The van der Waals surface area contributed by atoms with Gasteiger partial charge in [-0.25, -0.2) is 0 Å². The Hall–Kier alpha value is -1.55. The Kier molecular flexibility index (Phi) is 3.87. The Balaban J connectivity index is 1.82. The van der Waals surface area contributed by atoms with E-state index in [1.807, 2.05) is 6.92 Å². The van der Waals surface area contributed by atoms with Gasteiger partial charge in [0.15, 0.2) is 0 Å². The van der Waals surface area contributed by atoms with Crippen LogP contribution in [-0.2, 0) is 4.79 Å². The first kappa shape index (κ1) is 12.9. The topological polar surface area (TPSA) is 75.3 Å². The second-order valence-electron chi connectivity index (χ2n) is 5.05. The molecule has 0 saturated heterocycles. The van der Waals surface area contributed by atoms with Crippen molar-refractivity contribution in [2.45, 2.75) is 25.9 Å². The van der Waals surface area contributed by atoms with Crippen LogP contribution in [0, 0.1) is 11.8 Å². The van der Waals surface area contributed by atoms with Crippen molar-refractivity contribution in [3.05, 3.63) is 29.8 Å². The van der Waals surface area contributed by atoms with Gasteiger partial charge in [0.05, 0.1) is 6.10 Å². The molecule has 1 aliphatic rings. The number of carbonyl (C=O) groups is 1. The lowest BCUT2D eigenvalue weighted by molar-refractivity contribution is -0.125. The molecule has 2 atom stereocenters. The quantitative estimate of drug-likeness (QED) is 0.691. The van der Waals surface area contributed by atoms with Gasteiger partial charge in [0.25, 0.3) is 0 Å². The Morgan fingerprint density at radius 1 is 1.44 bits per heavy atom. The molecule has 2 unspecified atom stereocenters. The molecule has 0 radical (unpaired) electrons. The second-order valence-corrected chi connectivity index (χ2v) is 5.05. The first-order valence-corrected chi connectivity index (χ1v) is 6.39. The minimum absolute atomic E-state index is 0.0343. The zero-order valence-electron chi connectivity index (χ0n) is 10.6. The minimum Gasteiger partial charge on any atom is -0.399 e. The van der Waals surface area contributed by atoms with Crippen LogP contribution in [0.25, 0.3) is 0 Å². The fourth-order valence-corrected chi connectivity index (χ4v) is 2.00. The van der Waals surface area contributed by atoms with E-state index >= 15 is 0 Å². The van der Waals surface area contributed by atoms with Crippen LogP contribution in [0.1, 0.15) is 31.4 Å². The summed E-state index contributed by atoms with van der Waals surface area (Å²) in [5.74, 6) is 0.634. The number of nitrogen functional groups attached to an aromatic ring is 1. The molecule has 1 saturated carbocycles. The molecular weight excluding hydrogens is 228 g/mol. The third kappa shape index (κ3) is 3.23. The van der Waals surface area contributed by atoms with Crippen molar-refractivity contribution in [3.63, 3.8) is 0 Å². The van der Waals surface area contributed by atoms with Gasteiger partial charge in [-0.3, -0.25) is 4.79 Å². The van der Waals surface area contributed by atoms with Crippen LogP contribution < -0.4 is 11.1 Å². The van der Waals surface area contributed by atoms with Crippen LogP contribution in [0.4, 0.5) is 5.69 Å². The van der Waals surface area contributed by atoms with E-state index in [4.69, 9.17) is 5.73 Å². The monoisotopic (exact) mass is 248 g/mol. The number of anilines is 1. The van der Waals surface area contributed by atoms with Gasteiger partial charge in [0, 0.05) is 18.2 Å². The predicted octanol–water partition coefficient (Wildman–Crippen LogP) is 1.46. The van der Waals surface area contributed by atoms with Crippen molar-refractivity contribution < 1.29 is 9.90 Å². The zero-order chi connectivity index (χ0) is 13.1. The summed E-state index contributed by atoms with van der Waals surface area (Å²) < 4.78 is 0. The number of carbonyl (C=O) groups excluding carboxylic acids is 1. The van der Waals surface area contributed by atoms with Gasteiger partial charge in [-0.05, 0) is 36.5 Å². The summed E-state index contributed by atoms with van der Waals surface area (Å²) in [6, 6.07) is 7.04. The smallest absolute Gasteiger partial charge is 0.223 e. The van der Waals surface area contributed by atoms with E-state index in [1.165, 1.54) is 0 Å². The average molecular weight is 248 g/mol. The molecule has 0 aromatic heterocycles. The molecule has 4 N–H and O–H groups in total. The lowest BCUT2D eigenvalue weighted by Crippen LogP contribution is -2.33. The molecule has 2 rings (SSSR count). The standard InChI is InChI=1S/C14H20N2O2/c1-9(10-2-3-10)14(18)16-8-13(17)11-4-6-12(15)7-5-11/h4-7,9-10,13,17H,2-3,8,15H2,1H3,(H,16,18). The van der Waals surface area contributed by atoms with Crippen LogP contribution in [0.3, 0.4) is 0 Å². The van der Waals surface area contributed by atoms with E-state index in [-0.39, 0.29) is 18.4 Å². The second kappa shape index (κ2) is 5.40. The first-order valence-electron chi connectivity index (χ1n) is 6.39. The van der Waals surface area contributed by atoms with Crippen molar-refractivity contribution in [3.8, 4) is 0 Å². The Morgan fingerprint density at radius 3 is 2.61 bits per heavy atom. The van der Waals surface area contributed by atoms with E-state index in [0.29, 0.717) is 11.6 Å². The van der Waals surface area contributed by atoms with Gasteiger partial charge in [-0.2, -0.15) is 0 Å². The van der Waals surface area contributed by atoms with Gasteiger partial charge in [-0.1, -0.05) is 19.1 Å². The number of benzene rings is 1. The number of aliphatic hydroxyl groups is 1. The molecule has 0 heterocycles. The van der Waals surface area contributed by atoms with Crippen LogP contribution in [0.15, 0.2) is 24.3 Å². The van der Waals surface area contributed by atoms with Crippen LogP contribution in [-0.4, -0.2) is 17.6 Å². The minimum atomic E-state index is -0.680. The molecule has 1 aromatic rings. The van der Waals surface area contributed by atoms with E-state index in [9.17, 15) is 9.90 Å². The Bertz CT molecular complexity index is 412. The molecule has 18 heavy (non-hydrogen) atoms. The molecule has 0 bridgehead atoms. The van der Waals surface area contributed by atoms with Gasteiger partial charge < -0.3 is 16.2 Å².